The first-order valence-corrected chi connectivity index (χ1v) is 6.65. The number of methoxy groups -OCH3 is 1. The van der Waals surface area contributed by atoms with E-state index in [1.54, 1.807) is 7.11 Å². The maximum Gasteiger partial charge on any atom is 0.224 e. The predicted molar refractivity (Wildman–Crippen MR) is 76.5 cm³/mol. The zero-order chi connectivity index (χ0) is 14.1. The molecule has 0 aliphatic heterocycles. The van der Waals surface area contributed by atoms with Crippen molar-refractivity contribution in [1.82, 2.24) is 9.97 Å². The number of aliphatic hydroxyl groups is 1. The molecule has 0 saturated heterocycles. The minimum atomic E-state index is 0.0447. The van der Waals surface area contributed by atoms with Gasteiger partial charge in [-0.3, -0.25) is 0 Å². The van der Waals surface area contributed by atoms with Crippen LogP contribution < -0.4 is 10.6 Å². The maximum atomic E-state index is 9.03. The van der Waals surface area contributed by atoms with Gasteiger partial charge in [0.1, 0.15) is 5.82 Å². The van der Waals surface area contributed by atoms with E-state index in [0.717, 1.165) is 24.5 Å². The SMILES string of the molecule is CCCNc1nc(C)cc(NC(CCO)COC)n1. The van der Waals surface area contributed by atoms with E-state index < -0.39 is 0 Å². The van der Waals surface area contributed by atoms with Gasteiger partial charge in [0.25, 0.3) is 0 Å². The van der Waals surface area contributed by atoms with Crippen molar-refractivity contribution in [2.24, 2.45) is 0 Å². The number of aliphatic hydroxyl groups excluding tert-OH is 1. The van der Waals surface area contributed by atoms with Crippen molar-refractivity contribution >= 4 is 11.8 Å². The van der Waals surface area contributed by atoms with Crippen LogP contribution in [0.3, 0.4) is 0 Å². The molecule has 0 saturated carbocycles. The first-order valence-electron chi connectivity index (χ1n) is 6.65. The molecule has 1 rings (SSSR count). The molecule has 3 N–H and O–H groups in total. The normalized spacial score (nSPS) is 12.2. The van der Waals surface area contributed by atoms with Gasteiger partial charge in [-0.1, -0.05) is 6.92 Å². The topological polar surface area (TPSA) is 79.3 Å². The molecule has 0 bridgehead atoms. The second kappa shape index (κ2) is 8.66. The third kappa shape index (κ3) is 5.85. The molecular formula is C13H24N4O2. The Bertz CT molecular complexity index is 368. The highest BCUT2D eigenvalue weighted by Gasteiger charge is 2.10. The van der Waals surface area contributed by atoms with E-state index >= 15 is 0 Å². The third-order valence-electron chi connectivity index (χ3n) is 2.58. The van der Waals surface area contributed by atoms with Crippen LogP contribution in [0.5, 0.6) is 0 Å². The lowest BCUT2D eigenvalue weighted by Crippen LogP contribution is -2.27. The molecule has 0 aliphatic carbocycles. The van der Waals surface area contributed by atoms with Crippen LogP contribution in [0.1, 0.15) is 25.5 Å². The number of hydrogen-bond acceptors (Lipinski definition) is 6. The molecule has 1 aromatic heterocycles. The Morgan fingerprint density at radius 1 is 1.42 bits per heavy atom. The fourth-order valence-electron chi connectivity index (χ4n) is 1.72. The molecule has 0 aromatic carbocycles. The summed E-state index contributed by atoms with van der Waals surface area (Å²) in [6.45, 7) is 5.52. The lowest BCUT2D eigenvalue weighted by Gasteiger charge is -2.18. The summed E-state index contributed by atoms with van der Waals surface area (Å²) in [5, 5.41) is 15.5. The molecular weight excluding hydrogens is 244 g/mol. The second-order valence-electron chi connectivity index (χ2n) is 4.45. The first kappa shape index (κ1) is 15.7. The number of anilines is 2. The average Bonchev–Trinajstić information content (AvgIpc) is 2.36. The zero-order valence-electron chi connectivity index (χ0n) is 11.9. The number of nitrogens with zero attached hydrogens (tertiary/aromatic N) is 2. The molecule has 19 heavy (non-hydrogen) atoms. The monoisotopic (exact) mass is 268 g/mol. The van der Waals surface area contributed by atoms with E-state index in [1.165, 1.54) is 0 Å². The standard InChI is InChI=1S/C13H24N4O2/c1-4-6-14-13-15-10(2)8-12(17-13)16-11(5-7-18)9-19-3/h8,11,18H,4-7,9H2,1-3H3,(H2,14,15,16,17). The van der Waals surface area contributed by atoms with Crippen LogP contribution >= 0.6 is 0 Å². The Kier molecular flexibility index (Phi) is 7.14. The zero-order valence-corrected chi connectivity index (χ0v) is 11.9. The maximum absolute atomic E-state index is 9.03. The minimum Gasteiger partial charge on any atom is -0.396 e. The van der Waals surface area contributed by atoms with Crippen LogP contribution in [0.2, 0.25) is 0 Å². The Morgan fingerprint density at radius 3 is 2.84 bits per heavy atom. The van der Waals surface area contributed by atoms with Gasteiger partial charge in [-0.15, -0.1) is 0 Å². The Morgan fingerprint density at radius 2 is 2.21 bits per heavy atom. The molecule has 0 amide bonds. The second-order valence-corrected chi connectivity index (χ2v) is 4.45. The summed E-state index contributed by atoms with van der Waals surface area (Å²) in [6, 6.07) is 1.93. The Hall–Kier alpha value is -1.40. The van der Waals surface area contributed by atoms with Gasteiger partial charge < -0.3 is 20.5 Å². The van der Waals surface area contributed by atoms with Crippen LogP contribution in [0.15, 0.2) is 6.07 Å². The van der Waals surface area contributed by atoms with Crippen molar-refractivity contribution in [3.63, 3.8) is 0 Å². The largest absolute Gasteiger partial charge is 0.396 e. The Labute approximate surface area is 114 Å². The van der Waals surface area contributed by atoms with Gasteiger partial charge in [0.05, 0.1) is 12.6 Å². The quantitative estimate of drug-likeness (QED) is 0.628. The van der Waals surface area contributed by atoms with E-state index in [0.29, 0.717) is 19.0 Å². The summed E-state index contributed by atoms with van der Waals surface area (Å²) < 4.78 is 5.12. The summed E-state index contributed by atoms with van der Waals surface area (Å²) >= 11 is 0. The minimum absolute atomic E-state index is 0.0447. The molecule has 0 spiro atoms. The number of ether oxygens (including phenoxy) is 1. The van der Waals surface area contributed by atoms with Gasteiger partial charge in [0.15, 0.2) is 0 Å². The smallest absolute Gasteiger partial charge is 0.224 e. The molecule has 1 unspecified atom stereocenters. The van der Waals surface area contributed by atoms with E-state index in [2.05, 4.69) is 27.5 Å². The molecule has 6 heteroatoms. The van der Waals surface area contributed by atoms with Crippen molar-refractivity contribution in [3.8, 4) is 0 Å². The van der Waals surface area contributed by atoms with Crippen LogP contribution in [-0.4, -0.2) is 48.0 Å². The highest BCUT2D eigenvalue weighted by molar-refractivity contribution is 5.42. The van der Waals surface area contributed by atoms with Crippen LogP contribution in [0.4, 0.5) is 11.8 Å². The lowest BCUT2D eigenvalue weighted by atomic mass is 10.2. The molecule has 1 atom stereocenters. The molecule has 0 fully saturated rings. The van der Waals surface area contributed by atoms with Crippen molar-refractivity contribution in [2.45, 2.75) is 32.7 Å². The fourth-order valence-corrected chi connectivity index (χ4v) is 1.72. The molecule has 1 aromatic rings. The summed E-state index contributed by atoms with van der Waals surface area (Å²) in [4.78, 5) is 8.73. The molecule has 0 aliphatic rings. The van der Waals surface area contributed by atoms with Crippen molar-refractivity contribution in [1.29, 1.82) is 0 Å². The van der Waals surface area contributed by atoms with E-state index in [4.69, 9.17) is 9.84 Å². The van der Waals surface area contributed by atoms with E-state index in [-0.39, 0.29) is 12.6 Å². The number of hydrogen-bond donors (Lipinski definition) is 3. The molecule has 108 valence electrons. The van der Waals surface area contributed by atoms with Gasteiger partial charge in [0, 0.05) is 32.0 Å². The van der Waals surface area contributed by atoms with E-state index in [9.17, 15) is 0 Å². The average molecular weight is 268 g/mol. The van der Waals surface area contributed by atoms with Gasteiger partial charge in [-0.25, -0.2) is 4.98 Å². The summed E-state index contributed by atoms with van der Waals surface area (Å²) in [5.74, 6) is 1.38. The van der Waals surface area contributed by atoms with Crippen LogP contribution in [0.25, 0.3) is 0 Å². The predicted octanol–water partition coefficient (Wildman–Crippen LogP) is 1.42. The third-order valence-corrected chi connectivity index (χ3v) is 2.58. The van der Waals surface area contributed by atoms with Crippen molar-refractivity contribution in [3.05, 3.63) is 11.8 Å². The number of nitrogens with one attached hydrogen (secondary N) is 2. The highest BCUT2D eigenvalue weighted by atomic mass is 16.5. The summed E-state index contributed by atoms with van der Waals surface area (Å²) in [7, 11) is 1.64. The first-order chi connectivity index (χ1) is 9.19. The van der Waals surface area contributed by atoms with Crippen LogP contribution in [-0.2, 0) is 4.74 Å². The fraction of sp³-hybridized carbons (Fsp3) is 0.692. The molecule has 1 heterocycles. The molecule has 0 radical (unpaired) electrons. The highest BCUT2D eigenvalue weighted by Crippen LogP contribution is 2.12. The summed E-state index contributed by atoms with van der Waals surface area (Å²) in [6.07, 6.45) is 1.64. The van der Waals surface area contributed by atoms with Crippen LogP contribution in [0, 0.1) is 6.92 Å². The number of aryl methyl sites for hydroxylation is 1. The van der Waals surface area contributed by atoms with Gasteiger partial charge in [0.2, 0.25) is 5.95 Å². The summed E-state index contributed by atoms with van der Waals surface area (Å²) in [5.41, 5.74) is 0.899. The Balaban J connectivity index is 2.72. The van der Waals surface area contributed by atoms with Gasteiger partial charge >= 0.3 is 0 Å². The lowest BCUT2D eigenvalue weighted by molar-refractivity contribution is 0.170. The number of aromatic nitrogens is 2. The van der Waals surface area contributed by atoms with E-state index in [1.807, 2.05) is 13.0 Å². The van der Waals surface area contributed by atoms with Crippen molar-refractivity contribution < 1.29 is 9.84 Å². The van der Waals surface area contributed by atoms with Gasteiger partial charge in [-0.05, 0) is 19.8 Å². The molecule has 6 nitrogen and oxygen atoms in total. The van der Waals surface area contributed by atoms with Gasteiger partial charge in [-0.2, -0.15) is 4.98 Å². The van der Waals surface area contributed by atoms with Crippen molar-refractivity contribution in [2.75, 3.05) is 37.5 Å². The number of rotatable bonds is 9.